The molecule has 0 atom stereocenters. The molecular weight excluding hydrogens is 493 g/mol. The standard InChI is InChI=1S/C27H26FN5O3S/c1-3-24(34)29-17-5-4-6-20(15-17)36-26-25-22(11-14-37-25)31-27(32-26)30-18-7-8-23(21(28)16-18)35-19-9-12-33(2)13-10-19/h3-8,11,14-16,19H,1,9-10,12-13H2,2H3,(H,29,34)(H,30,31,32). The molecule has 37 heavy (non-hydrogen) atoms. The number of fused-ring (bicyclic) bond motifs is 1. The number of ether oxygens (including phenoxy) is 2. The van der Waals surface area contributed by atoms with Gasteiger partial charge >= 0.3 is 0 Å². The monoisotopic (exact) mass is 519 g/mol. The van der Waals surface area contributed by atoms with Gasteiger partial charge in [0.2, 0.25) is 17.7 Å². The van der Waals surface area contributed by atoms with Crippen molar-refractivity contribution in [3.8, 4) is 17.4 Å². The number of piperidine rings is 1. The summed E-state index contributed by atoms with van der Waals surface area (Å²) in [6.45, 7) is 5.33. The molecule has 1 saturated heterocycles. The lowest BCUT2D eigenvalue weighted by molar-refractivity contribution is -0.111. The van der Waals surface area contributed by atoms with Crippen LogP contribution in [0, 0.1) is 5.82 Å². The maximum atomic E-state index is 14.8. The number of halogens is 1. The van der Waals surface area contributed by atoms with Crippen molar-refractivity contribution >= 4 is 44.8 Å². The minimum Gasteiger partial charge on any atom is -0.487 e. The van der Waals surface area contributed by atoms with Crippen LogP contribution in [0.15, 0.2) is 66.6 Å². The molecule has 2 aromatic carbocycles. The van der Waals surface area contributed by atoms with Gasteiger partial charge in [-0.25, -0.2) is 9.37 Å². The van der Waals surface area contributed by atoms with Gasteiger partial charge in [0.1, 0.15) is 16.6 Å². The lowest BCUT2D eigenvalue weighted by Gasteiger charge is -2.29. The Morgan fingerprint density at radius 3 is 2.78 bits per heavy atom. The molecular formula is C27H26FN5O3S. The highest BCUT2D eigenvalue weighted by atomic mass is 32.1. The summed E-state index contributed by atoms with van der Waals surface area (Å²) in [6, 6.07) is 13.6. The number of nitrogens with zero attached hydrogens (tertiary/aromatic N) is 3. The number of aromatic nitrogens is 2. The largest absolute Gasteiger partial charge is 0.487 e. The van der Waals surface area contributed by atoms with Gasteiger partial charge in [-0.2, -0.15) is 4.98 Å². The molecule has 2 aromatic heterocycles. The maximum Gasteiger partial charge on any atom is 0.247 e. The molecule has 0 saturated carbocycles. The first-order valence-corrected chi connectivity index (χ1v) is 12.7. The molecule has 0 spiro atoms. The van der Waals surface area contributed by atoms with E-state index < -0.39 is 5.82 Å². The van der Waals surface area contributed by atoms with E-state index in [4.69, 9.17) is 9.47 Å². The second-order valence-corrected chi connectivity index (χ2v) is 9.62. The van der Waals surface area contributed by atoms with Gasteiger partial charge in [0.15, 0.2) is 11.6 Å². The summed E-state index contributed by atoms with van der Waals surface area (Å²) in [4.78, 5) is 22.9. The molecule has 10 heteroatoms. The summed E-state index contributed by atoms with van der Waals surface area (Å²) in [7, 11) is 2.07. The topological polar surface area (TPSA) is 88.6 Å². The average molecular weight is 520 g/mol. The lowest BCUT2D eigenvalue weighted by Crippen LogP contribution is -2.35. The van der Waals surface area contributed by atoms with E-state index in [1.165, 1.54) is 23.5 Å². The molecule has 4 aromatic rings. The second kappa shape index (κ2) is 10.9. The number of amides is 1. The van der Waals surface area contributed by atoms with E-state index in [0.717, 1.165) is 30.6 Å². The molecule has 190 valence electrons. The summed E-state index contributed by atoms with van der Waals surface area (Å²) >= 11 is 1.45. The summed E-state index contributed by atoms with van der Waals surface area (Å²) in [5.41, 5.74) is 1.74. The number of carbonyl (C=O) groups excluding carboxylic acids is 1. The SMILES string of the molecule is C=CC(=O)Nc1cccc(Oc2nc(Nc3ccc(OC4CCN(C)CC4)c(F)c3)nc3ccsc23)c1. The molecule has 1 aliphatic rings. The van der Waals surface area contributed by atoms with Crippen LogP contribution in [0.5, 0.6) is 17.4 Å². The van der Waals surface area contributed by atoms with Gasteiger partial charge in [-0.3, -0.25) is 4.79 Å². The molecule has 1 amide bonds. The zero-order valence-electron chi connectivity index (χ0n) is 20.2. The maximum absolute atomic E-state index is 14.8. The molecule has 0 radical (unpaired) electrons. The highest BCUT2D eigenvalue weighted by Gasteiger charge is 2.20. The Morgan fingerprint density at radius 2 is 2.00 bits per heavy atom. The first-order valence-electron chi connectivity index (χ1n) is 11.8. The Bertz CT molecular complexity index is 1430. The van der Waals surface area contributed by atoms with Gasteiger partial charge in [-0.1, -0.05) is 12.6 Å². The molecule has 0 unspecified atom stereocenters. The van der Waals surface area contributed by atoms with Crippen molar-refractivity contribution in [2.75, 3.05) is 30.8 Å². The number of hydrogen-bond acceptors (Lipinski definition) is 8. The highest BCUT2D eigenvalue weighted by Crippen LogP contribution is 2.34. The number of anilines is 3. The number of thiophene rings is 1. The molecule has 2 N–H and O–H groups in total. The molecule has 0 aliphatic carbocycles. The van der Waals surface area contributed by atoms with Crippen LogP contribution in [-0.2, 0) is 4.79 Å². The Morgan fingerprint density at radius 1 is 1.16 bits per heavy atom. The second-order valence-electron chi connectivity index (χ2n) is 8.70. The molecule has 3 heterocycles. The van der Waals surface area contributed by atoms with E-state index in [0.29, 0.717) is 28.5 Å². The summed E-state index contributed by atoms with van der Waals surface area (Å²) in [6.07, 6.45) is 2.95. The molecule has 5 rings (SSSR count). The van der Waals surface area contributed by atoms with Crippen molar-refractivity contribution in [2.24, 2.45) is 0 Å². The predicted molar refractivity (Wildman–Crippen MR) is 144 cm³/mol. The van der Waals surface area contributed by atoms with Crippen molar-refractivity contribution in [1.82, 2.24) is 14.9 Å². The van der Waals surface area contributed by atoms with Crippen LogP contribution in [0.25, 0.3) is 10.2 Å². The number of carbonyl (C=O) groups is 1. The Hall–Kier alpha value is -4.02. The van der Waals surface area contributed by atoms with E-state index in [1.807, 2.05) is 11.4 Å². The van der Waals surface area contributed by atoms with Crippen molar-refractivity contribution < 1.29 is 18.7 Å². The third-order valence-electron chi connectivity index (χ3n) is 5.92. The van der Waals surface area contributed by atoms with Gasteiger partial charge in [0, 0.05) is 36.6 Å². The van der Waals surface area contributed by atoms with Crippen LogP contribution in [0.2, 0.25) is 0 Å². The number of hydrogen-bond donors (Lipinski definition) is 2. The lowest BCUT2D eigenvalue weighted by atomic mass is 10.1. The summed E-state index contributed by atoms with van der Waals surface area (Å²) < 4.78 is 27.6. The predicted octanol–water partition coefficient (Wildman–Crippen LogP) is 5.96. The average Bonchev–Trinajstić information content (AvgIpc) is 3.36. The third kappa shape index (κ3) is 6.04. The van der Waals surface area contributed by atoms with Crippen LogP contribution in [0.1, 0.15) is 12.8 Å². The van der Waals surface area contributed by atoms with Gasteiger partial charge in [0.25, 0.3) is 0 Å². The Labute approximate surface area is 217 Å². The minimum atomic E-state index is -0.449. The first kappa shape index (κ1) is 24.7. The van der Waals surface area contributed by atoms with Crippen LogP contribution in [0.3, 0.4) is 0 Å². The third-order valence-corrected chi connectivity index (χ3v) is 6.81. The Balaban J connectivity index is 1.33. The fraction of sp³-hybridized carbons (Fsp3) is 0.222. The molecule has 0 bridgehead atoms. The van der Waals surface area contributed by atoms with Crippen molar-refractivity contribution in [1.29, 1.82) is 0 Å². The smallest absolute Gasteiger partial charge is 0.247 e. The van der Waals surface area contributed by atoms with Gasteiger partial charge in [-0.15, -0.1) is 11.3 Å². The minimum absolute atomic E-state index is 0.0112. The van der Waals surface area contributed by atoms with Crippen molar-refractivity contribution in [3.05, 3.63) is 72.4 Å². The zero-order chi connectivity index (χ0) is 25.8. The summed E-state index contributed by atoms with van der Waals surface area (Å²) in [5.74, 6) is 0.568. The van der Waals surface area contributed by atoms with E-state index in [1.54, 1.807) is 36.4 Å². The number of benzene rings is 2. The van der Waals surface area contributed by atoms with Crippen LogP contribution < -0.4 is 20.1 Å². The fourth-order valence-electron chi connectivity index (χ4n) is 3.99. The van der Waals surface area contributed by atoms with Crippen LogP contribution in [0.4, 0.5) is 21.7 Å². The van der Waals surface area contributed by atoms with E-state index in [2.05, 4.69) is 39.1 Å². The van der Waals surface area contributed by atoms with E-state index in [-0.39, 0.29) is 23.7 Å². The van der Waals surface area contributed by atoms with Crippen molar-refractivity contribution in [2.45, 2.75) is 18.9 Å². The molecule has 8 nitrogen and oxygen atoms in total. The number of nitrogens with one attached hydrogen (secondary N) is 2. The zero-order valence-corrected chi connectivity index (χ0v) is 21.1. The number of likely N-dealkylation sites (tertiary alicyclic amines) is 1. The summed E-state index contributed by atoms with van der Waals surface area (Å²) in [5, 5.41) is 7.67. The van der Waals surface area contributed by atoms with Gasteiger partial charge < -0.3 is 25.0 Å². The highest BCUT2D eigenvalue weighted by molar-refractivity contribution is 7.17. The van der Waals surface area contributed by atoms with E-state index in [9.17, 15) is 9.18 Å². The van der Waals surface area contributed by atoms with Crippen molar-refractivity contribution in [3.63, 3.8) is 0 Å². The van der Waals surface area contributed by atoms with Crippen LogP contribution in [-0.4, -0.2) is 47.0 Å². The first-order chi connectivity index (χ1) is 18.0. The van der Waals surface area contributed by atoms with Gasteiger partial charge in [0.05, 0.1) is 5.52 Å². The number of rotatable bonds is 8. The van der Waals surface area contributed by atoms with E-state index >= 15 is 0 Å². The Kier molecular flexibility index (Phi) is 7.29. The van der Waals surface area contributed by atoms with Crippen LogP contribution >= 0.6 is 11.3 Å². The normalized spacial score (nSPS) is 14.3. The molecule has 1 aliphatic heterocycles. The molecule has 1 fully saturated rings. The fourth-order valence-corrected chi connectivity index (χ4v) is 4.75. The van der Waals surface area contributed by atoms with Gasteiger partial charge in [-0.05, 0) is 61.7 Å². The quantitative estimate of drug-likeness (QED) is 0.278.